The standard InChI is InChI=1S/C17H18F7N3O3/c1-13(2)7-8-5-10(29-3)11(30-4)6-9(8)12-25-26-17(28,27(12)13)15(20,21)14(18,19)16(22,23)24/h5-6,26,28H,7H2,1-4H3/t17-/m1/s1. The van der Waals surface area contributed by atoms with Crippen LogP contribution in [-0.4, -0.2) is 59.5 Å². The van der Waals surface area contributed by atoms with Crippen molar-refractivity contribution in [1.29, 1.82) is 0 Å². The maximum atomic E-state index is 14.6. The molecule has 30 heavy (non-hydrogen) atoms. The summed E-state index contributed by atoms with van der Waals surface area (Å²) in [5.41, 5.74) is 0.452. The predicted octanol–water partition coefficient (Wildman–Crippen LogP) is 3.08. The van der Waals surface area contributed by atoms with Crippen LogP contribution in [0.5, 0.6) is 11.5 Å². The Bertz CT molecular complexity index is 901. The van der Waals surface area contributed by atoms with Gasteiger partial charge in [-0.2, -0.15) is 35.8 Å². The van der Waals surface area contributed by atoms with Crippen molar-refractivity contribution in [1.82, 2.24) is 10.3 Å². The van der Waals surface area contributed by atoms with Crippen molar-refractivity contribution in [2.45, 2.75) is 49.7 Å². The molecule has 1 aromatic rings. The fraction of sp³-hybridized carbons (Fsp3) is 0.588. The summed E-state index contributed by atoms with van der Waals surface area (Å²) < 4.78 is 105. The Morgan fingerprint density at radius 2 is 1.57 bits per heavy atom. The van der Waals surface area contributed by atoms with Gasteiger partial charge in [-0.1, -0.05) is 0 Å². The van der Waals surface area contributed by atoms with Crippen LogP contribution in [0.1, 0.15) is 25.0 Å². The normalized spacial score (nSPS) is 23.3. The van der Waals surface area contributed by atoms with E-state index >= 15 is 0 Å². The molecule has 13 heteroatoms. The number of hydrazone groups is 1. The van der Waals surface area contributed by atoms with Crippen LogP contribution in [0.3, 0.4) is 0 Å². The van der Waals surface area contributed by atoms with Crippen LogP contribution < -0.4 is 14.9 Å². The molecule has 2 heterocycles. The molecule has 0 saturated heterocycles. The Morgan fingerprint density at radius 3 is 2.07 bits per heavy atom. The number of ether oxygens (including phenoxy) is 2. The van der Waals surface area contributed by atoms with E-state index in [1.807, 2.05) is 0 Å². The minimum absolute atomic E-state index is 0.0986. The van der Waals surface area contributed by atoms with Crippen LogP contribution in [0.15, 0.2) is 17.2 Å². The van der Waals surface area contributed by atoms with E-state index < -0.39 is 35.2 Å². The summed E-state index contributed by atoms with van der Waals surface area (Å²) in [6.45, 7) is 2.59. The second kappa shape index (κ2) is 6.28. The highest BCUT2D eigenvalue weighted by molar-refractivity contribution is 6.03. The zero-order valence-corrected chi connectivity index (χ0v) is 16.2. The number of amidine groups is 1. The number of nitrogens with one attached hydrogen (secondary N) is 1. The van der Waals surface area contributed by atoms with Crippen molar-refractivity contribution < 1.29 is 45.3 Å². The van der Waals surface area contributed by atoms with Gasteiger partial charge in [-0.25, -0.2) is 0 Å². The van der Waals surface area contributed by atoms with Crippen LogP contribution in [0.4, 0.5) is 30.7 Å². The van der Waals surface area contributed by atoms with Crippen molar-refractivity contribution in [2.24, 2.45) is 5.10 Å². The third kappa shape index (κ3) is 2.70. The number of rotatable bonds is 4. The quantitative estimate of drug-likeness (QED) is 0.698. The first-order valence-electron chi connectivity index (χ1n) is 8.50. The van der Waals surface area contributed by atoms with Gasteiger partial charge in [-0.15, -0.1) is 0 Å². The maximum Gasteiger partial charge on any atom is 0.460 e. The lowest BCUT2D eigenvalue weighted by molar-refractivity contribution is -0.409. The van der Waals surface area contributed by atoms with Gasteiger partial charge in [0.1, 0.15) is 0 Å². The number of methoxy groups -OCH3 is 2. The highest BCUT2D eigenvalue weighted by atomic mass is 19.4. The molecule has 2 aliphatic heterocycles. The van der Waals surface area contributed by atoms with E-state index in [9.17, 15) is 35.8 Å². The van der Waals surface area contributed by atoms with E-state index in [1.54, 1.807) is 0 Å². The highest BCUT2D eigenvalue weighted by Gasteiger charge is 2.83. The second-order valence-electron chi connectivity index (χ2n) is 7.55. The van der Waals surface area contributed by atoms with E-state index in [0.717, 1.165) is 0 Å². The molecule has 0 fully saturated rings. The molecule has 168 valence electrons. The number of benzene rings is 1. The predicted molar refractivity (Wildman–Crippen MR) is 89.7 cm³/mol. The third-order valence-corrected chi connectivity index (χ3v) is 5.12. The number of alkyl halides is 7. The largest absolute Gasteiger partial charge is 0.493 e. The summed E-state index contributed by atoms with van der Waals surface area (Å²) in [6, 6.07) is 2.82. The highest BCUT2D eigenvalue weighted by Crippen LogP contribution is 2.54. The number of hydrogen-bond donors (Lipinski definition) is 2. The molecular weight excluding hydrogens is 427 g/mol. The molecule has 0 unspecified atom stereocenters. The van der Waals surface area contributed by atoms with Gasteiger partial charge in [0.2, 0.25) is 0 Å². The molecular formula is C17H18F7N3O3. The van der Waals surface area contributed by atoms with Crippen molar-refractivity contribution in [3.63, 3.8) is 0 Å². The smallest absolute Gasteiger partial charge is 0.460 e. The summed E-state index contributed by atoms with van der Waals surface area (Å²) in [7, 11) is 2.65. The number of hydrogen-bond acceptors (Lipinski definition) is 6. The monoisotopic (exact) mass is 445 g/mol. The average Bonchev–Trinajstić information content (AvgIpc) is 3.00. The second-order valence-corrected chi connectivity index (χ2v) is 7.55. The Balaban J connectivity index is 2.18. The molecule has 2 aliphatic rings. The topological polar surface area (TPSA) is 66.3 Å². The molecule has 0 amide bonds. The minimum atomic E-state index is -6.62. The van der Waals surface area contributed by atoms with Gasteiger partial charge < -0.3 is 14.6 Å². The third-order valence-electron chi connectivity index (χ3n) is 5.12. The van der Waals surface area contributed by atoms with Crippen molar-refractivity contribution >= 4 is 5.84 Å². The van der Waals surface area contributed by atoms with Gasteiger partial charge in [-0.3, -0.25) is 10.3 Å². The molecule has 0 aromatic heterocycles. The lowest BCUT2D eigenvalue weighted by atomic mass is 9.83. The maximum absolute atomic E-state index is 14.6. The fourth-order valence-electron chi connectivity index (χ4n) is 3.72. The summed E-state index contributed by atoms with van der Waals surface area (Å²) in [6.07, 6.45) is -6.73. The molecule has 3 rings (SSSR count). The van der Waals surface area contributed by atoms with Gasteiger partial charge in [0.15, 0.2) is 17.3 Å². The van der Waals surface area contributed by atoms with Crippen LogP contribution in [0, 0.1) is 0 Å². The van der Waals surface area contributed by atoms with Crippen LogP contribution in [0.25, 0.3) is 0 Å². The average molecular weight is 445 g/mol. The van der Waals surface area contributed by atoms with Crippen LogP contribution >= 0.6 is 0 Å². The molecule has 2 N–H and O–H groups in total. The van der Waals surface area contributed by atoms with Gasteiger partial charge in [0.05, 0.1) is 14.2 Å². The minimum Gasteiger partial charge on any atom is -0.493 e. The molecule has 1 aromatic carbocycles. The molecule has 0 radical (unpaired) electrons. The zero-order chi connectivity index (χ0) is 22.9. The molecule has 6 nitrogen and oxygen atoms in total. The van der Waals surface area contributed by atoms with Gasteiger partial charge in [0.25, 0.3) is 0 Å². The zero-order valence-electron chi connectivity index (χ0n) is 16.2. The molecule has 0 bridgehead atoms. The lowest BCUT2D eigenvalue weighted by Crippen LogP contribution is -2.77. The van der Waals surface area contributed by atoms with Gasteiger partial charge in [-0.05, 0) is 38.0 Å². The van der Waals surface area contributed by atoms with Crippen molar-refractivity contribution in [2.75, 3.05) is 14.2 Å². The Labute approximate surface area is 166 Å². The fourth-order valence-corrected chi connectivity index (χ4v) is 3.72. The Hall–Kier alpha value is -2.44. The van der Waals surface area contributed by atoms with Crippen LogP contribution in [0.2, 0.25) is 0 Å². The number of aliphatic hydroxyl groups is 1. The first kappa shape index (κ1) is 22.2. The summed E-state index contributed by atoms with van der Waals surface area (Å²) in [4.78, 5) is 0.341. The van der Waals surface area contributed by atoms with E-state index in [1.165, 1.54) is 45.6 Å². The number of halogens is 7. The summed E-state index contributed by atoms with van der Waals surface area (Å²) in [5.74, 6) is -16.7. The molecule has 0 spiro atoms. The molecule has 1 atom stereocenters. The Morgan fingerprint density at radius 1 is 1.03 bits per heavy atom. The SMILES string of the molecule is COc1cc2c(cc1OC)C1=NN[C@](O)(C(F)(F)C(F)(F)C(F)(F)F)N1C(C)(C)C2. The van der Waals surface area contributed by atoms with Crippen molar-refractivity contribution in [3.05, 3.63) is 23.3 Å². The molecule has 0 saturated carbocycles. The van der Waals surface area contributed by atoms with E-state index in [2.05, 4.69) is 5.10 Å². The van der Waals surface area contributed by atoms with Gasteiger partial charge >= 0.3 is 23.9 Å². The van der Waals surface area contributed by atoms with Crippen LogP contribution in [-0.2, 0) is 6.42 Å². The Kier molecular flexibility index (Phi) is 4.66. The first-order valence-corrected chi connectivity index (χ1v) is 8.50. The lowest BCUT2D eigenvalue weighted by Gasteiger charge is -2.51. The summed E-state index contributed by atoms with van der Waals surface area (Å²) in [5, 5.41) is 14.0. The van der Waals surface area contributed by atoms with E-state index in [0.29, 0.717) is 10.5 Å². The van der Waals surface area contributed by atoms with Gasteiger partial charge in [0, 0.05) is 11.1 Å². The van der Waals surface area contributed by atoms with E-state index in [-0.39, 0.29) is 23.5 Å². The number of nitrogens with zero attached hydrogens (tertiary/aromatic N) is 2. The first-order chi connectivity index (χ1) is 13.5. The van der Waals surface area contributed by atoms with Crippen molar-refractivity contribution in [3.8, 4) is 11.5 Å². The summed E-state index contributed by atoms with van der Waals surface area (Å²) >= 11 is 0. The molecule has 0 aliphatic carbocycles. The van der Waals surface area contributed by atoms with E-state index in [4.69, 9.17) is 9.47 Å². The number of fused-ring (bicyclic) bond motifs is 3.